The second-order valence-electron chi connectivity index (χ2n) is 13.1. The van der Waals surface area contributed by atoms with Gasteiger partial charge in [-0.25, -0.2) is 0 Å². The molecule has 2 atom stereocenters. The normalized spacial score (nSPS) is 18.4. The highest BCUT2D eigenvalue weighted by molar-refractivity contribution is 8.01. The molecule has 0 amide bonds. The molecule has 2 unspecified atom stereocenters. The van der Waals surface area contributed by atoms with Crippen LogP contribution in [-0.4, -0.2) is 4.75 Å². The number of thioether (sulfide) groups is 1. The lowest BCUT2D eigenvalue weighted by Gasteiger charge is -2.34. The summed E-state index contributed by atoms with van der Waals surface area (Å²) in [5.41, 5.74) is 9.08. The summed E-state index contributed by atoms with van der Waals surface area (Å²) < 4.78 is 6.10. The highest BCUT2D eigenvalue weighted by atomic mass is 32.2. The van der Waals surface area contributed by atoms with Gasteiger partial charge in [0.05, 0.1) is 0 Å². The van der Waals surface area contributed by atoms with Crippen molar-refractivity contribution in [3.05, 3.63) is 175 Å². The van der Waals surface area contributed by atoms with E-state index in [4.69, 9.17) is 4.42 Å². The lowest BCUT2D eigenvalue weighted by atomic mass is 9.82. The molecule has 0 N–H and O–H groups in total. The summed E-state index contributed by atoms with van der Waals surface area (Å²) in [6.07, 6.45) is 7.22. The van der Waals surface area contributed by atoms with Gasteiger partial charge in [-0.1, -0.05) is 109 Å². The van der Waals surface area contributed by atoms with Gasteiger partial charge in [0.1, 0.15) is 11.2 Å². The van der Waals surface area contributed by atoms with Gasteiger partial charge in [0, 0.05) is 43.4 Å². The van der Waals surface area contributed by atoms with Crippen molar-refractivity contribution in [2.45, 2.75) is 22.5 Å². The summed E-state index contributed by atoms with van der Waals surface area (Å²) in [6, 6.07) is 52.7. The maximum atomic E-state index is 6.10. The molecular formula is C45H31NOS. The van der Waals surface area contributed by atoms with E-state index in [9.17, 15) is 0 Å². The third-order valence-corrected chi connectivity index (χ3v) is 11.6. The van der Waals surface area contributed by atoms with Crippen LogP contribution in [0, 0.1) is 0 Å². The van der Waals surface area contributed by atoms with Crippen LogP contribution in [0.1, 0.15) is 18.4 Å². The van der Waals surface area contributed by atoms with Crippen LogP contribution >= 0.6 is 11.8 Å². The number of furan rings is 1. The van der Waals surface area contributed by atoms with E-state index in [1.807, 2.05) is 23.9 Å². The highest BCUT2D eigenvalue weighted by Crippen LogP contribution is 2.56. The average Bonchev–Trinajstić information content (AvgIpc) is 3.66. The molecule has 2 nitrogen and oxygen atoms in total. The average molecular weight is 634 g/mol. The molecule has 8 aromatic rings. The summed E-state index contributed by atoms with van der Waals surface area (Å²) in [5.74, 6) is 0.293. The smallest absolute Gasteiger partial charge is 0.135 e. The minimum absolute atomic E-state index is 0.000908. The summed E-state index contributed by atoms with van der Waals surface area (Å²) in [6.45, 7) is 2.37. The quantitative estimate of drug-likeness (QED) is 0.179. The minimum atomic E-state index is 0.000908. The predicted molar refractivity (Wildman–Crippen MR) is 203 cm³/mol. The molecule has 0 saturated carbocycles. The third-order valence-electron chi connectivity index (χ3n) is 10.2. The first kappa shape index (κ1) is 27.6. The van der Waals surface area contributed by atoms with Gasteiger partial charge in [0.15, 0.2) is 0 Å². The molecular weight excluding hydrogens is 603 g/mol. The van der Waals surface area contributed by atoms with Crippen LogP contribution < -0.4 is 4.90 Å². The molecule has 2 heterocycles. The Bertz CT molecular complexity index is 2630. The van der Waals surface area contributed by atoms with E-state index in [0.29, 0.717) is 5.92 Å². The maximum Gasteiger partial charge on any atom is 0.135 e. The SMILES string of the molecule is CC12C=CC(N(c3ccc(-c4ccc5oc6ccccc6c5c4)cc3)c3ccc4c(ccc5ccccc54)c3)=CC1c1ccccc1S2. The van der Waals surface area contributed by atoms with E-state index in [2.05, 4.69) is 164 Å². The van der Waals surface area contributed by atoms with Gasteiger partial charge in [-0.15, -0.1) is 11.8 Å². The molecule has 48 heavy (non-hydrogen) atoms. The van der Waals surface area contributed by atoms with Crippen molar-refractivity contribution in [3.63, 3.8) is 0 Å². The number of hydrogen-bond acceptors (Lipinski definition) is 3. The number of rotatable bonds is 4. The molecule has 0 radical (unpaired) electrons. The molecule has 0 saturated heterocycles. The van der Waals surface area contributed by atoms with Crippen LogP contribution in [0.4, 0.5) is 11.4 Å². The van der Waals surface area contributed by atoms with Crippen molar-refractivity contribution in [3.8, 4) is 11.1 Å². The molecule has 228 valence electrons. The molecule has 1 aromatic heterocycles. The van der Waals surface area contributed by atoms with E-state index in [0.717, 1.165) is 33.3 Å². The second kappa shape index (κ2) is 10.5. The van der Waals surface area contributed by atoms with Crippen LogP contribution in [0.5, 0.6) is 0 Å². The van der Waals surface area contributed by atoms with Gasteiger partial charge in [0.25, 0.3) is 0 Å². The standard InChI is InChI=1S/C45H31NOS/c1-45-25-24-35(28-41(45)39-11-5-7-13-44(39)48-45)46(34-21-22-37-32(26-34)15-14-30-8-2-3-9-36(30)37)33-19-16-29(17-20-33)31-18-23-43-40(27-31)38-10-4-6-12-42(38)47-43/h2-28,41H,1H3. The predicted octanol–water partition coefficient (Wildman–Crippen LogP) is 12.8. The first-order chi connectivity index (χ1) is 23.6. The van der Waals surface area contributed by atoms with Crippen molar-refractivity contribution in [1.82, 2.24) is 0 Å². The van der Waals surface area contributed by atoms with Crippen LogP contribution in [0.3, 0.4) is 0 Å². The third kappa shape index (κ3) is 4.28. The van der Waals surface area contributed by atoms with Crippen molar-refractivity contribution < 1.29 is 4.42 Å². The fraction of sp³-hybridized carbons (Fsp3) is 0.0667. The first-order valence-corrected chi connectivity index (χ1v) is 17.4. The summed E-state index contributed by atoms with van der Waals surface area (Å²) in [5, 5.41) is 7.36. The molecule has 1 aliphatic carbocycles. The van der Waals surface area contributed by atoms with Gasteiger partial charge >= 0.3 is 0 Å². The Kier molecular flexibility index (Phi) is 6.03. The molecule has 1 aliphatic heterocycles. The van der Waals surface area contributed by atoms with Crippen molar-refractivity contribution in [2.24, 2.45) is 0 Å². The Hall–Kier alpha value is -5.51. The van der Waals surface area contributed by atoms with Gasteiger partial charge < -0.3 is 9.32 Å². The second-order valence-corrected chi connectivity index (χ2v) is 14.6. The molecule has 0 fully saturated rings. The molecule has 2 aliphatic rings. The Morgan fingerprint density at radius 1 is 0.583 bits per heavy atom. The zero-order valence-electron chi connectivity index (χ0n) is 26.4. The largest absolute Gasteiger partial charge is 0.456 e. The van der Waals surface area contributed by atoms with Gasteiger partial charge in [-0.3, -0.25) is 0 Å². The molecule has 7 aromatic carbocycles. The minimum Gasteiger partial charge on any atom is -0.456 e. The maximum absolute atomic E-state index is 6.10. The number of para-hydroxylation sites is 1. The van der Waals surface area contributed by atoms with E-state index >= 15 is 0 Å². The highest BCUT2D eigenvalue weighted by Gasteiger charge is 2.42. The van der Waals surface area contributed by atoms with Gasteiger partial charge in [-0.2, -0.15) is 0 Å². The Morgan fingerprint density at radius 2 is 1.29 bits per heavy atom. The van der Waals surface area contributed by atoms with Gasteiger partial charge in [0.2, 0.25) is 0 Å². The summed E-state index contributed by atoms with van der Waals surface area (Å²) in [4.78, 5) is 3.80. The molecule has 3 heteroatoms. The van der Waals surface area contributed by atoms with Crippen LogP contribution in [0.2, 0.25) is 0 Å². The molecule has 10 rings (SSSR count). The van der Waals surface area contributed by atoms with Crippen LogP contribution in [-0.2, 0) is 0 Å². The van der Waals surface area contributed by atoms with Crippen molar-refractivity contribution >= 4 is 66.6 Å². The van der Waals surface area contributed by atoms with Gasteiger partial charge in [-0.05, 0) is 99.8 Å². The summed E-state index contributed by atoms with van der Waals surface area (Å²) >= 11 is 1.98. The Morgan fingerprint density at radius 3 is 2.21 bits per heavy atom. The monoisotopic (exact) mass is 633 g/mol. The number of nitrogens with zero attached hydrogens (tertiary/aromatic N) is 1. The number of allylic oxidation sites excluding steroid dienone is 2. The topological polar surface area (TPSA) is 16.4 Å². The number of benzene rings is 7. The van der Waals surface area contributed by atoms with E-state index in [1.165, 1.54) is 48.8 Å². The van der Waals surface area contributed by atoms with Crippen molar-refractivity contribution in [2.75, 3.05) is 4.90 Å². The molecule has 0 spiro atoms. The Labute approximate surface area is 283 Å². The number of anilines is 2. The van der Waals surface area contributed by atoms with Crippen molar-refractivity contribution in [1.29, 1.82) is 0 Å². The number of hydrogen-bond donors (Lipinski definition) is 0. The van der Waals surface area contributed by atoms with E-state index in [-0.39, 0.29) is 4.75 Å². The number of fused-ring (bicyclic) bond motifs is 9. The summed E-state index contributed by atoms with van der Waals surface area (Å²) in [7, 11) is 0. The van der Waals surface area contributed by atoms with E-state index in [1.54, 1.807) is 0 Å². The fourth-order valence-electron chi connectivity index (χ4n) is 7.75. The van der Waals surface area contributed by atoms with Crippen LogP contribution in [0.25, 0.3) is 54.6 Å². The van der Waals surface area contributed by atoms with Crippen LogP contribution in [0.15, 0.2) is 179 Å². The van der Waals surface area contributed by atoms with E-state index < -0.39 is 0 Å². The zero-order valence-corrected chi connectivity index (χ0v) is 27.2. The zero-order chi connectivity index (χ0) is 31.8. The fourth-order valence-corrected chi connectivity index (χ4v) is 9.15. The lowest BCUT2D eigenvalue weighted by Crippen LogP contribution is -2.27. The molecule has 0 bridgehead atoms. The first-order valence-electron chi connectivity index (χ1n) is 16.5. The lowest BCUT2D eigenvalue weighted by molar-refractivity contribution is 0.669. The Balaban J connectivity index is 1.10.